The molecule has 1 N–H and O–H groups in total. The quantitative estimate of drug-likeness (QED) is 0.470. The van der Waals surface area contributed by atoms with Gasteiger partial charge in [0.2, 0.25) is 0 Å². The van der Waals surface area contributed by atoms with Crippen LogP contribution in [0.4, 0.5) is 0 Å². The maximum Gasteiger partial charge on any atom is 0.308 e. The van der Waals surface area contributed by atoms with Gasteiger partial charge in [0.05, 0.1) is 19.1 Å². The second kappa shape index (κ2) is 6.21. The van der Waals surface area contributed by atoms with E-state index in [0.717, 1.165) is 38.5 Å². The van der Waals surface area contributed by atoms with E-state index in [-0.39, 0.29) is 11.9 Å². The molecule has 3 unspecified atom stereocenters. The molecule has 4 rings (SSSR count). The van der Waals surface area contributed by atoms with Crippen LogP contribution >= 0.6 is 0 Å². The molecular weight excluding hydrogens is 306 g/mol. The predicted molar refractivity (Wildman–Crippen MR) is 90.7 cm³/mol. The number of carbonyl (C=O) groups excluding carboxylic acids is 1. The number of aliphatic imine (C=N–C) groups is 1. The first-order valence-corrected chi connectivity index (χ1v) is 9.37. The molecule has 1 spiro atoms. The van der Waals surface area contributed by atoms with Gasteiger partial charge in [0.15, 0.2) is 5.96 Å². The van der Waals surface area contributed by atoms with Crippen molar-refractivity contribution in [1.82, 2.24) is 10.2 Å². The van der Waals surface area contributed by atoms with E-state index in [9.17, 15) is 4.79 Å². The number of piperidine rings is 1. The molecule has 2 heterocycles. The van der Waals surface area contributed by atoms with Gasteiger partial charge in [0.1, 0.15) is 0 Å². The highest BCUT2D eigenvalue weighted by Crippen LogP contribution is 2.62. The summed E-state index contributed by atoms with van der Waals surface area (Å²) in [6.07, 6.45) is 7.24. The molecule has 24 heavy (non-hydrogen) atoms. The van der Waals surface area contributed by atoms with Crippen molar-refractivity contribution < 1.29 is 14.3 Å². The number of hydrogen-bond donors (Lipinski definition) is 1. The third kappa shape index (κ3) is 2.33. The van der Waals surface area contributed by atoms with Crippen LogP contribution in [0.5, 0.6) is 0 Å². The molecule has 4 fully saturated rings. The Balaban J connectivity index is 1.38. The number of nitrogens with one attached hydrogen (secondary N) is 1. The minimum absolute atomic E-state index is 0.0404. The van der Waals surface area contributed by atoms with Crippen LogP contribution in [0.25, 0.3) is 0 Å². The number of likely N-dealkylation sites (tertiary alicyclic amines) is 1. The van der Waals surface area contributed by atoms with Crippen molar-refractivity contribution in [2.24, 2.45) is 22.2 Å². The highest BCUT2D eigenvalue weighted by Gasteiger charge is 2.66. The third-order valence-corrected chi connectivity index (χ3v) is 6.86. The van der Waals surface area contributed by atoms with Crippen LogP contribution in [-0.2, 0) is 14.3 Å². The predicted octanol–water partition coefficient (Wildman–Crippen LogP) is 1.40. The Morgan fingerprint density at radius 2 is 2.04 bits per heavy atom. The average Bonchev–Trinajstić information content (AvgIpc) is 2.99. The summed E-state index contributed by atoms with van der Waals surface area (Å²) >= 11 is 0. The SMILES string of the molecule is CN=C(NC1C2CCOC2C12CCC2)N1CCC(C(=O)OC)CC1. The van der Waals surface area contributed by atoms with E-state index in [1.54, 1.807) is 0 Å². The summed E-state index contributed by atoms with van der Waals surface area (Å²) in [5.41, 5.74) is 0.363. The van der Waals surface area contributed by atoms with E-state index in [4.69, 9.17) is 9.47 Å². The zero-order chi connectivity index (χ0) is 16.7. The lowest BCUT2D eigenvalue weighted by molar-refractivity contribution is -0.171. The molecule has 2 aliphatic heterocycles. The average molecular weight is 335 g/mol. The first kappa shape index (κ1) is 16.2. The van der Waals surface area contributed by atoms with Crippen LogP contribution in [-0.4, -0.2) is 62.8 Å². The number of fused-ring (bicyclic) bond motifs is 2. The molecule has 0 radical (unpaired) electrons. The molecule has 0 aromatic carbocycles. The molecule has 0 amide bonds. The number of guanidine groups is 1. The number of carbonyl (C=O) groups is 1. The van der Waals surface area contributed by atoms with E-state index < -0.39 is 0 Å². The van der Waals surface area contributed by atoms with E-state index in [2.05, 4.69) is 15.2 Å². The minimum atomic E-state index is -0.0732. The zero-order valence-corrected chi connectivity index (χ0v) is 14.8. The fourth-order valence-electron chi connectivity index (χ4n) is 5.39. The van der Waals surface area contributed by atoms with Crippen molar-refractivity contribution in [3.05, 3.63) is 0 Å². The number of esters is 1. The Hall–Kier alpha value is -1.30. The van der Waals surface area contributed by atoms with Gasteiger partial charge in [-0.2, -0.15) is 0 Å². The Kier molecular flexibility index (Phi) is 4.19. The molecule has 2 saturated carbocycles. The van der Waals surface area contributed by atoms with Crippen molar-refractivity contribution in [3.8, 4) is 0 Å². The van der Waals surface area contributed by atoms with Gasteiger partial charge >= 0.3 is 5.97 Å². The standard InChI is InChI=1S/C18H29N3O3/c1-19-17(21-9-4-12(5-10-21)16(22)23-2)20-14-13-6-11-24-15(13)18(14)7-3-8-18/h12-15H,3-11H2,1-2H3,(H,19,20). The maximum atomic E-state index is 11.7. The van der Waals surface area contributed by atoms with Crippen LogP contribution in [0.2, 0.25) is 0 Å². The van der Waals surface area contributed by atoms with Crippen molar-refractivity contribution in [2.75, 3.05) is 33.9 Å². The topological polar surface area (TPSA) is 63.2 Å². The van der Waals surface area contributed by atoms with E-state index >= 15 is 0 Å². The lowest BCUT2D eigenvalue weighted by Crippen LogP contribution is -2.72. The minimum Gasteiger partial charge on any atom is -0.469 e. The fourth-order valence-corrected chi connectivity index (χ4v) is 5.39. The van der Waals surface area contributed by atoms with Crippen molar-refractivity contribution in [1.29, 1.82) is 0 Å². The molecule has 2 saturated heterocycles. The van der Waals surface area contributed by atoms with Crippen molar-refractivity contribution >= 4 is 11.9 Å². The molecular formula is C18H29N3O3. The summed E-state index contributed by atoms with van der Waals surface area (Å²) in [6.45, 7) is 2.64. The molecule has 0 aromatic heterocycles. The van der Waals surface area contributed by atoms with Crippen LogP contribution in [0.15, 0.2) is 4.99 Å². The number of nitrogens with zero attached hydrogens (tertiary/aromatic N) is 2. The number of ether oxygens (including phenoxy) is 2. The van der Waals surface area contributed by atoms with Crippen LogP contribution < -0.4 is 5.32 Å². The molecule has 0 aromatic rings. The largest absolute Gasteiger partial charge is 0.469 e. The summed E-state index contributed by atoms with van der Waals surface area (Å²) in [5.74, 6) is 1.62. The normalized spacial score (nSPS) is 35.2. The summed E-state index contributed by atoms with van der Waals surface area (Å²) in [5, 5.41) is 3.77. The van der Waals surface area contributed by atoms with Crippen LogP contribution in [0, 0.1) is 17.3 Å². The molecule has 134 valence electrons. The number of methoxy groups -OCH3 is 1. The molecule has 6 heteroatoms. The lowest BCUT2D eigenvalue weighted by Gasteiger charge is -2.63. The van der Waals surface area contributed by atoms with Crippen molar-refractivity contribution in [2.45, 2.75) is 50.7 Å². The fraction of sp³-hybridized carbons (Fsp3) is 0.889. The van der Waals surface area contributed by atoms with Crippen LogP contribution in [0.3, 0.4) is 0 Å². The van der Waals surface area contributed by atoms with E-state index in [0.29, 0.717) is 23.5 Å². The second-order valence-corrected chi connectivity index (χ2v) is 7.78. The highest BCUT2D eigenvalue weighted by atomic mass is 16.5. The van der Waals surface area contributed by atoms with Gasteiger partial charge in [-0.05, 0) is 32.1 Å². The maximum absolute atomic E-state index is 11.7. The second-order valence-electron chi connectivity index (χ2n) is 7.78. The van der Waals surface area contributed by atoms with Gasteiger partial charge in [0, 0.05) is 44.1 Å². The zero-order valence-electron chi connectivity index (χ0n) is 14.8. The van der Waals surface area contributed by atoms with Gasteiger partial charge < -0.3 is 19.7 Å². The molecule has 2 aliphatic carbocycles. The first-order chi connectivity index (χ1) is 11.7. The van der Waals surface area contributed by atoms with E-state index in [1.807, 2.05) is 7.05 Å². The summed E-state index contributed by atoms with van der Waals surface area (Å²) < 4.78 is 10.9. The van der Waals surface area contributed by atoms with Gasteiger partial charge in [-0.15, -0.1) is 0 Å². The molecule has 0 bridgehead atoms. The van der Waals surface area contributed by atoms with Gasteiger partial charge in [0.25, 0.3) is 0 Å². The molecule has 4 aliphatic rings. The summed E-state index contributed by atoms with van der Waals surface area (Å²) in [7, 11) is 3.34. The van der Waals surface area contributed by atoms with Crippen LogP contribution in [0.1, 0.15) is 38.5 Å². The molecule has 6 nitrogen and oxygen atoms in total. The molecule has 3 atom stereocenters. The van der Waals surface area contributed by atoms with Gasteiger partial charge in [-0.3, -0.25) is 9.79 Å². The van der Waals surface area contributed by atoms with Crippen molar-refractivity contribution in [3.63, 3.8) is 0 Å². The number of hydrogen-bond acceptors (Lipinski definition) is 4. The highest BCUT2D eigenvalue weighted by molar-refractivity contribution is 5.81. The monoisotopic (exact) mass is 335 g/mol. The third-order valence-electron chi connectivity index (χ3n) is 6.86. The first-order valence-electron chi connectivity index (χ1n) is 9.37. The Labute approximate surface area is 144 Å². The summed E-state index contributed by atoms with van der Waals surface area (Å²) in [6, 6.07) is 0.510. The Morgan fingerprint density at radius 1 is 1.29 bits per heavy atom. The smallest absolute Gasteiger partial charge is 0.308 e. The summed E-state index contributed by atoms with van der Waals surface area (Å²) in [4.78, 5) is 18.5. The van der Waals surface area contributed by atoms with Gasteiger partial charge in [-0.25, -0.2) is 0 Å². The van der Waals surface area contributed by atoms with E-state index in [1.165, 1.54) is 32.8 Å². The lowest BCUT2D eigenvalue weighted by atomic mass is 9.46. The Bertz CT molecular complexity index is 524. The number of rotatable bonds is 2. The Morgan fingerprint density at radius 3 is 2.62 bits per heavy atom. The van der Waals surface area contributed by atoms with Gasteiger partial charge in [-0.1, -0.05) is 6.42 Å².